The van der Waals surface area contributed by atoms with E-state index in [1.165, 1.54) is 18.6 Å². The minimum Gasteiger partial charge on any atom is -0.367 e. The summed E-state index contributed by atoms with van der Waals surface area (Å²) in [5, 5.41) is 3.50. The predicted octanol–water partition coefficient (Wildman–Crippen LogP) is 6.49. The van der Waals surface area contributed by atoms with Crippen molar-refractivity contribution < 1.29 is 13.2 Å². The van der Waals surface area contributed by atoms with E-state index in [9.17, 15) is 13.2 Å². The Labute approximate surface area is 168 Å². The van der Waals surface area contributed by atoms with E-state index < -0.39 is 11.7 Å². The Morgan fingerprint density at radius 2 is 1.79 bits per heavy atom. The van der Waals surface area contributed by atoms with Gasteiger partial charge in [0.2, 0.25) is 0 Å². The van der Waals surface area contributed by atoms with E-state index in [-0.39, 0.29) is 24.0 Å². The van der Waals surface area contributed by atoms with E-state index in [1.807, 2.05) is 29.7 Å². The molecule has 0 aliphatic heterocycles. The van der Waals surface area contributed by atoms with Crippen LogP contribution < -0.4 is 5.32 Å². The zero-order valence-electron chi connectivity index (χ0n) is 15.6. The first kappa shape index (κ1) is 20.5. The molecule has 0 unspecified atom stereocenters. The second-order valence-corrected chi connectivity index (χ2v) is 7.26. The number of fused-ring (bicyclic) bond motifs is 1. The van der Waals surface area contributed by atoms with Gasteiger partial charge in [-0.25, -0.2) is 4.98 Å². The lowest BCUT2D eigenvalue weighted by molar-refractivity contribution is -0.137. The smallest absolute Gasteiger partial charge is 0.367 e. The maximum atomic E-state index is 13.6. The minimum absolute atomic E-state index is 0. The van der Waals surface area contributed by atoms with Gasteiger partial charge in [-0.05, 0) is 43.5 Å². The summed E-state index contributed by atoms with van der Waals surface area (Å²) >= 11 is 0. The molecule has 0 atom stereocenters. The van der Waals surface area contributed by atoms with Crippen molar-refractivity contribution >= 4 is 23.9 Å². The summed E-state index contributed by atoms with van der Waals surface area (Å²) < 4.78 is 42.6. The largest absolute Gasteiger partial charge is 0.417 e. The number of anilines is 1. The fraction of sp³-hybridized carbons (Fsp3) is 0.381. The first-order chi connectivity index (χ1) is 12.9. The summed E-state index contributed by atoms with van der Waals surface area (Å²) in [4.78, 5) is 4.58. The van der Waals surface area contributed by atoms with Crippen molar-refractivity contribution in [2.24, 2.45) is 0 Å². The van der Waals surface area contributed by atoms with Gasteiger partial charge < -0.3 is 5.32 Å². The van der Waals surface area contributed by atoms with Crippen molar-refractivity contribution in [2.45, 2.75) is 51.2 Å². The van der Waals surface area contributed by atoms with Gasteiger partial charge in [0.05, 0.1) is 5.56 Å². The van der Waals surface area contributed by atoms with Gasteiger partial charge >= 0.3 is 6.18 Å². The normalized spacial score (nSPS) is 15.4. The Kier molecular flexibility index (Phi) is 5.89. The molecule has 1 aromatic carbocycles. The molecule has 7 heteroatoms. The summed E-state index contributed by atoms with van der Waals surface area (Å²) in [7, 11) is 0. The maximum Gasteiger partial charge on any atom is 0.417 e. The van der Waals surface area contributed by atoms with Crippen molar-refractivity contribution in [1.29, 1.82) is 0 Å². The Balaban J connectivity index is 0.00000225. The van der Waals surface area contributed by atoms with E-state index in [1.54, 1.807) is 6.07 Å². The SMILES string of the molecule is Cc1ccn2c(NC3CCCCC3)c(-c3ccccc3C(F)(F)F)nc2c1.Cl. The highest BCUT2D eigenvalue weighted by Crippen LogP contribution is 2.40. The van der Waals surface area contributed by atoms with Crippen LogP contribution in [0.3, 0.4) is 0 Å². The fourth-order valence-electron chi connectivity index (χ4n) is 3.85. The van der Waals surface area contributed by atoms with Crippen LogP contribution in [-0.2, 0) is 6.18 Å². The molecule has 0 saturated heterocycles. The van der Waals surface area contributed by atoms with Gasteiger partial charge in [-0.3, -0.25) is 4.40 Å². The predicted molar refractivity (Wildman–Crippen MR) is 108 cm³/mol. The Morgan fingerprint density at radius 3 is 2.50 bits per heavy atom. The number of benzene rings is 1. The van der Waals surface area contributed by atoms with Gasteiger partial charge in [0.15, 0.2) is 0 Å². The summed E-state index contributed by atoms with van der Waals surface area (Å²) in [5.74, 6) is 0.647. The topological polar surface area (TPSA) is 29.3 Å². The van der Waals surface area contributed by atoms with Crippen molar-refractivity contribution in [2.75, 3.05) is 5.32 Å². The molecule has 1 fully saturated rings. The van der Waals surface area contributed by atoms with E-state index in [0.29, 0.717) is 17.2 Å². The molecule has 28 heavy (non-hydrogen) atoms. The van der Waals surface area contributed by atoms with Crippen molar-refractivity contribution in [3.05, 3.63) is 53.7 Å². The molecule has 2 heterocycles. The average Bonchev–Trinajstić information content (AvgIpc) is 2.99. The molecule has 0 radical (unpaired) electrons. The second kappa shape index (κ2) is 8.03. The molecule has 3 aromatic rings. The van der Waals surface area contributed by atoms with Gasteiger partial charge in [-0.1, -0.05) is 37.5 Å². The first-order valence-corrected chi connectivity index (χ1v) is 9.35. The number of nitrogens with zero attached hydrogens (tertiary/aromatic N) is 2. The fourth-order valence-corrected chi connectivity index (χ4v) is 3.85. The van der Waals surface area contributed by atoms with Crippen molar-refractivity contribution in [3.8, 4) is 11.3 Å². The van der Waals surface area contributed by atoms with Crippen molar-refractivity contribution in [3.63, 3.8) is 0 Å². The van der Waals surface area contributed by atoms with E-state index in [0.717, 1.165) is 37.3 Å². The van der Waals surface area contributed by atoms with Gasteiger partial charge in [-0.2, -0.15) is 13.2 Å². The highest BCUT2D eigenvalue weighted by Gasteiger charge is 2.35. The van der Waals surface area contributed by atoms with E-state index in [2.05, 4.69) is 10.3 Å². The van der Waals surface area contributed by atoms with Crippen LogP contribution in [0, 0.1) is 6.92 Å². The molecular formula is C21H23ClF3N3. The molecule has 0 bridgehead atoms. The number of rotatable bonds is 3. The molecule has 1 saturated carbocycles. The van der Waals surface area contributed by atoms with Gasteiger partial charge in [-0.15, -0.1) is 12.4 Å². The number of nitrogens with one attached hydrogen (secondary N) is 1. The quantitative estimate of drug-likeness (QED) is 0.535. The third-order valence-electron chi connectivity index (χ3n) is 5.22. The molecule has 4 rings (SSSR count). The number of halogens is 4. The lowest BCUT2D eigenvalue weighted by atomic mass is 9.95. The molecule has 1 aliphatic rings. The number of imidazole rings is 1. The van der Waals surface area contributed by atoms with Gasteiger partial charge in [0.25, 0.3) is 0 Å². The monoisotopic (exact) mass is 409 g/mol. The Morgan fingerprint density at radius 1 is 1.07 bits per heavy atom. The van der Waals surface area contributed by atoms with Gasteiger partial charge in [0.1, 0.15) is 17.2 Å². The van der Waals surface area contributed by atoms with Crippen LogP contribution in [0.5, 0.6) is 0 Å². The number of hydrogen-bond donors (Lipinski definition) is 1. The van der Waals surface area contributed by atoms with Crippen LogP contribution in [0.2, 0.25) is 0 Å². The van der Waals surface area contributed by atoms with Crippen LogP contribution in [0.1, 0.15) is 43.2 Å². The summed E-state index contributed by atoms with van der Waals surface area (Å²) in [5.41, 5.74) is 1.49. The third-order valence-corrected chi connectivity index (χ3v) is 5.22. The van der Waals surface area contributed by atoms with Gasteiger partial charge in [0, 0.05) is 17.8 Å². The second-order valence-electron chi connectivity index (χ2n) is 7.26. The number of aryl methyl sites for hydroxylation is 1. The molecular weight excluding hydrogens is 387 g/mol. The van der Waals surface area contributed by atoms with E-state index >= 15 is 0 Å². The summed E-state index contributed by atoms with van der Waals surface area (Å²) in [6.07, 6.45) is 3.00. The minimum atomic E-state index is -4.43. The number of aromatic nitrogens is 2. The van der Waals surface area contributed by atoms with Crippen LogP contribution in [-0.4, -0.2) is 15.4 Å². The Bertz CT molecular complexity index is 959. The molecule has 0 amide bonds. The molecule has 2 aromatic heterocycles. The van der Waals surface area contributed by atoms with Crippen LogP contribution in [0.15, 0.2) is 42.6 Å². The molecule has 3 nitrogen and oxygen atoms in total. The maximum absolute atomic E-state index is 13.6. The lowest BCUT2D eigenvalue weighted by Crippen LogP contribution is -2.23. The third kappa shape index (κ3) is 3.97. The summed E-state index contributed by atoms with van der Waals surface area (Å²) in [6, 6.07) is 9.77. The number of hydrogen-bond acceptors (Lipinski definition) is 2. The van der Waals surface area contributed by atoms with Crippen molar-refractivity contribution in [1.82, 2.24) is 9.38 Å². The standard InChI is InChI=1S/C21H22F3N3.ClH/c1-14-11-12-27-18(13-14)26-19(20(27)25-15-7-3-2-4-8-15)16-9-5-6-10-17(16)21(22,23)24;/h5-6,9-13,15,25H,2-4,7-8H2,1H3;1H. The van der Waals surface area contributed by atoms with Crippen LogP contribution in [0.4, 0.5) is 19.0 Å². The summed E-state index contributed by atoms with van der Waals surface area (Å²) in [6.45, 7) is 1.95. The molecule has 1 N–H and O–H groups in total. The molecule has 1 aliphatic carbocycles. The highest BCUT2D eigenvalue weighted by molar-refractivity contribution is 5.85. The first-order valence-electron chi connectivity index (χ1n) is 9.35. The molecule has 150 valence electrons. The lowest BCUT2D eigenvalue weighted by Gasteiger charge is -2.24. The van der Waals surface area contributed by atoms with Crippen LogP contribution >= 0.6 is 12.4 Å². The zero-order valence-corrected chi connectivity index (χ0v) is 16.4. The van der Waals surface area contributed by atoms with E-state index in [4.69, 9.17) is 0 Å². The molecule has 0 spiro atoms. The Hall–Kier alpha value is -2.21. The number of pyridine rings is 1. The van der Waals surface area contributed by atoms with Crippen LogP contribution in [0.25, 0.3) is 16.9 Å². The highest BCUT2D eigenvalue weighted by atomic mass is 35.5. The zero-order chi connectivity index (χ0) is 19.0. The average molecular weight is 410 g/mol. The number of alkyl halides is 3.